The molecule has 0 radical (unpaired) electrons. The first-order valence-electron chi connectivity index (χ1n) is 9.79. The molecule has 7 nitrogen and oxygen atoms in total. The summed E-state index contributed by atoms with van der Waals surface area (Å²) in [6.45, 7) is 0. The van der Waals surface area contributed by atoms with E-state index in [1.54, 1.807) is 30.7 Å². The summed E-state index contributed by atoms with van der Waals surface area (Å²) in [5.41, 5.74) is 2.74. The summed E-state index contributed by atoms with van der Waals surface area (Å²) in [6.07, 6.45) is 5.13. The average Bonchev–Trinajstić information content (AvgIpc) is 2.91. The van der Waals surface area contributed by atoms with E-state index >= 15 is 0 Å². The Bertz CT molecular complexity index is 1180. The van der Waals surface area contributed by atoms with Crippen LogP contribution >= 0.6 is 0 Å². The molecule has 0 spiro atoms. The van der Waals surface area contributed by atoms with Gasteiger partial charge in [-0.05, 0) is 48.5 Å². The summed E-state index contributed by atoms with van der Waals surface area (Å²) in [5, 5.41) is 8.29. The van der Waals surface area contributed by atoms with E-state index < -0.39 is 0 Å². The first kappa shape index (κ1) is 26.4. The van der Waals surface area contributed by atoms with E-state index in [-0.39, 0.29) is 33.5 Å². The summed E-state index contributed by atoms with van der Waals surface area (Å²) >= 11 is 0. The molecule has 0 amide bonds. The van der Waals surface area contributed by atoms with Crippen LogP contribution in [0.3, 0.4) is 0 Å². The van der Waals surface area contributed by atoms with Gasteiger partial charge in [0.05, 0.1) is 11.6 Å². The maximum atomic E-state index is 8.29. The number of nitriles is 1. The Kier molecular flexibility index (Phi) is 10.6. The summed E-state index contributed by atoms with van der Waals surface area (Å²) in [5.74, 6) is 1.48. The van der Waals surface area contributed by atoms with Crippen molar-refractivity contribution in [3.8, 4) is 40.6 Å². The van der Waals surface area contributed by atoms with Crippen LogP contribution in [0, 0.1) is 11.3 Å². The van der Waals surface area contributed by atoms with Crippen LogP contribution < -0.4 is 12.4 Å². The van der Waals surface area contributed by atoms with Crippen LogP contribution in [-0.4, -0.2) is 29.9 Å². The van der Waals surface area contributed by atoms with Gasteiger partial charge in [-0.1, -0.05) is 36.4 Å². The van der Waals surface area contributed by atoms with Gasteiger partial charge in [0.15, 0.2) is 17.5 Å². The van der Waals surface area contributed by atoms with Gasteiger partial charge in [-0.15, -0.1) is 0 Å². The summed E-state index contributed by atoms with van der Waals surface area (Å²) in [4.78, 5) is 26.5. The number of benzene rings is 1. The zero-order valence-electron chi connectivity index (χ0n) is 17.6. The second-order valence-electron chi connectivity index (χ2n) is 6.43. The molecule has 0 aliphatic rings. The summed E-state index contributed by atoms with van der Waals surface area (Å²) < 4.78 is 0. The van der Waals surface area contributed by atoms with Crippen LogP contribution in [0.4, 0.5) is 0 Å². The third-order valence-corrected chi connectivity index (χ3v) is 4.22. The van der Waals surface area contributed by atoms with Crippen molar-refractivity contribution in [1.82, 2.24) is 29.9 Å². The van der Waals surface area contributed by atoms with Crippen LogP contribution in [0.1, 0.15) is 5.56 Å². The molecule has 0 aliphatic heterocycles. The molecule has 5 aromatic rings. The monoisotopic (exact) mass is 645 g/mol. The molecule has 0 fully saturated rings. The van der Waals surface area contributed by atoms with Crippen molar-refractivity contribution in [2.45, 2.75) is 0 Å². The first-order valence-corrected chi connectivity index (χ1v) is 9.79. The van der Waals surface area contributed by atoms with Gasteiger partial charge in [0.1, 0.15) is 17.1 Å². The molecule has 0 unspecified atom stereocenters. The fourth-order valence-electron chi connectivity index (χ4n) is 2.72. The normalized spacial score (nSPS) is 9.26. The molecule has 9 heteroatoms. The minimum absolute atomic E-state index is 0. The second kappa shape index (κ2) is 13.6. The number of pyridine rings is 3. The van der Waals surface area contributed by atoms with Gasteiger partial charge in [-0.2, -0.15) is 5.26 Å². The Hall–Kier alpha value is -3.85. The molecule has 0 saturated carbocycles. The molecular formula is C25H17ClN7Pt+. The van der Waals surface area contributed by atoms with E-state index in [1.165, 1.54) is 0 Å². The average molecular weight is 646 g/mol. The Balaban J connectivity index is 0.000000351. The van der Waals surface area contributed by atoms with Gasteiger partial charge < -0.3 is 12.4 Å². The summed E-state index contributed by atoms with van der Waals surface area (Å²) in [7, 11) is 0. The number of hydrogen-bond acceptors (Lipinski definition) is 7. The van der Waals surface area contributed by atoms with Crippen molar-refractivity contribution in [2.24, 2.45) is 0 Å². The van der Waals surface area contributed by atoms with E-state index in [1.807, 2.05) is 78.9 Å². The molecule has 5 rings (SSSR count). The van der Waals surface area contributed by atoms with Crippen molar-refractivity contribution < 1.29 is 33.5 Å². The zero-order valence-corrected chi connectivity index (χ0v) is 20.7. The van der Waals surface area contributed by atoms with Crippen LogP contribution in [-0.2, 0) is 21.1 Å². The van der Waals surface area contributed by atoms with Gasteiger partial charge in [0.25, 0.3) is 0 Å². The number of rotatable bonds is 3. The molecule has 0 saturated heterocycles. The van der Waals surface area contributed by atoms with Gasteiger partial charge in [-0.25, -0.2) is 15.0 Å². The van der Waals surface area contributed by atoms with E-state index in [4.69, 9.17) is 5.26 Å². The second-order valence-corrected chi connectivity index (χ2v) is 6.43. The number of halogens is 1. The van der Waals surface area contributed by atoms with Gasteiger partial charge in [-0.3, -0.25) is 15.0 Å². The summed E-state index contributed by atoms with van der Waals surface area (Å²) in [6, 6.07) is 28.0. The van der Waals surface area contributed by atoms with Crippen LogP contribution in [0.5, 0.6) is 0 Å². The van der Waals surface area contributed by atoms with Gasteiger partial charge in [0.2, 0.25) is 0 Å². The molecule has 0 N–H and O–H groups in total. The van der Waals surface area contributed by atoms with Crippen LogP contribution in [0.25, 0.3) is 34.6 Å². The number of nitrogens with zero attached hydrogens (tertiary/aromatic N) is 7. The smallest absolute Gasteiger partial charge is 1.00 e. The first-order chi connectivity index (χ1) is 15.8. The van der Waals surface area contributed by atoms with Crippen molar-refractivity contribution in [3.63, 3.8) is 0 Å². The molecule has 0 aliphatic carbocycles. The van der Waals surface area contributed by atoms with Crippen LogP contribution in [0.15, 0.2) is 104 Å². The fourth-order valence-corrected chi connectivity index (χ4v) is 2.72. The van der Waals surface area contributed by atoms with Crippen molar-refractivity contribution in [2.75, 3.05) is 0 Å². The molecule has 4 aromatic heterocycles. The minimum Gasteiger partial charge on any atom is -1.00 e. The van der Waals surface area contributed by atoms with Crippen molar-refractivity contribution in [1.29, 1.82) is 5.26 Å². The topological polar surface area (TPSA) is 101 Å². The van der Waals surface area contributed by atoms with Crippen molar-refractivity contribution >= 4 is 0 Å². The van der Waals surface area contributed by atoms with E-state index in [0.29, 0.717) is 40.1 Å². The van der Waals surface area contributed by atoms with E-state index in [0.717, 1.165) is 0 Å². The Morgan fingerprint density at radius 1 is 0.500 bits per heavy atom. The van der Waals surface area contributed by atoms with E-state index in [9.17, 15) is 0 Å². The van der Waals surface area contributed by atoms with Crippen molar-refractivity contribution in [3.05, 3.63) is 109 Å². The molecule has 168 valence electrons. The quantitative estimate of drug-likeness (QED) is 0.294. The van der Waals surface area contributed by atoms with Gasteiger partial charge in [0, 0.05) is 18.6 Å². The Morgan fingerprint density at radius 3 is 1.12 bits per heavy atom. The molecular weight excluding hydrogens is 629 g/mol. The molecule has 4 heterocycles. The standard InChI is InChI=1S/C18H12N6.C7H5N.ClH.Pt/c1-4-10-19-13(7-1)16-22-17(14-8-2-5-11-20-14)24-18(23-16)15-9-3-6-12-21-15;8-6-7-4-2-1-3-5-7;;/h1-12H;1-5H;1H;/q;;;+2/p-1. The number of hydrogen-bond donors (Lipinski definition) is 0. The zero-order chi connectivity index (χ0) is 22.0. The largest absolute Gasteiger partial charge is 2.00 e. The third-order valence-electron chi connectivity index (χ3n) is 4.22. The minimum atomic E-state index is 0. The maximum absolute atomic E-state index is 8.29. The van der Waals surface area contributed by atoms with Gasteiger partial charge >= 0.3 is 21.1 Å². The fraction of sp³-hybridized carbons (Fsp3) is 0. The third kappa shape index (κ3) is 7.08. The molecule has 34 heavy (non-hydrogen) atoms. The molecule has 0 atom stereocenters. The van der Waals surface area contributed by atoms with E-state index in [2.05, 4.69) is 29.9 Å². The predicted molar refractivity (Wildman–Crippen MR) is 121 cm³/mol. The predicted octanol–water partition coefficient (Wildman–Crippen LogP) is 1.62. The number of aromatic nitrogens is 6. The molecule has 1 aromatic carbocycles. The Labute approximate surface area is 217 Å². The maximum Gasteiger partial charge on any atom is 2.00 e. The Morgan fingerprint density at radius 2 is 0.853 bits per heavy atom. The molecule has 0 bridgehead atoms. The SMILES string of the molecule is N#Cc1ccccc1.[Cl-].[Pt+2].c1ccc(-c2nc(-c3ccccn3)nc(-c3ccccn3)n2)nc1. The van der Waals surface area contributed by atoms with Crippen LogP contribution in [0.2, 0.25) is 0 Å².